The average molecular weight is 374 g/mol. The van der Waals surface area contributed by atoms with E-state index in [9.17, 15) is 9.59 Å². The molecule has 27 heavy (non-hydrogen) atoms. The van der Waals surface area contributed by atoms with Crippen molar-refractivity contribution < 1.29 is 14.3 Å². The van der Waals surface area contributed by atoms with Crippen molar-refractivity contribution >= 4 is 17.5 Å². The molecule has 0 radical (unpaired) electrons. The highest BCUT2D eigenvalue weighted by Crippen LogP contribution is 2.14. The first-order valence-corrected chi connectivity index (χ1v) is 9.68. The van der Waals surface area contributed by atoms with Gasteiger partial charge in [-0.25, -0.2) is 0 Å². The molecule has 2 aliphatic heterocycles. The zero-order valence-corrected chi connectivity index (χ0v) is 16.4. The van der Waals surface area contributed by atoms with Crippen molar-refractivity contribution in [3.05, 3.63) is 29.3 Å². The second-order valence-corrected chi connectivity index (χ2v) is 7.39. The highest BCUT2D eigenvalue weighted by Gasteiger charge is 2.23. The molecule has 0 aromatic heterocycles. The molecular weight excluding hydrogens is 344 g/mol. The van der Waals surface area contributed by atoms with Crippen LogP contribution in [0.4, 0.5) is 5.69 Å². The van der Waals surface area contributed by atoms with Crippen LogP contribution < -0.4 is 5.32 Å². The molecule has 0 unspecified atom stereocenters. The van der Waals surface area contributed by atoms with Gasteiger partial charge in [0.2, 0.25) is 11.8 Å². The molecule has 2 heterocycles. The number of hydrogen-bond donors (Lipinski definition) is 1. The van der Waals surface area contributed by atoms with Crippen molar-refractivity contribution in [3.8, 4) is 0 Å². The van der Waals surface area contributed by atoms with Crippen LogP contribution in [0.2, 0.25) is 0 Å². The Morgan fingerprint density at radius 1 is 0.926 bits per heavy atom. The third-order valence-electron chi connectivity index (χ3n) is 5.35. The van der Waals surface area contributed by atoms with E-state index in [4.69, 9.17) is 4.74 Å². The van der Waals surface area contributed by atoms with Crippen molar-refractivity contribution in [1.82, 2.24) is 14.7 Å². The Morgan fingerprint density at radius 2 is 1.56 bits per heavy atom. The monoisotopic (exact) mass is 374 g/mol. The lowest BCUT2D eigenvalue weighted by atomic mass is 10.1. The highest BCUT2D eigenvalue weighted by atomic mass is 16.5. The van der Waals surface area contributed by atoms with Gasteiger partial charge in [-0.2, -0.15) is 0 Å². The summed E-state index contributed by atoms with van der Waals surface area (Å²) >= 11 is 0. The number of benzene rings is 1. The molecule has 0 atom stereocenters. The largest absolute Gasteiger partial charge is 0.378 e. The van der Waals surface area contributed by atoms with Crippen molar-refractivity contribution in [1.29, 1.82) is 0 Å². The number of hydrogen-bond acceptors (Lipinski definition) is 5. The van der Waals surface area contributed by atoms with Gasteiger partial charge >= 0.3 is 0 Å². The van der Waals surface area contributed by atoms with E-state index in [0.717, 1.165) is 31.9 Å². The summed E-state index contributed by atoms with van der Waals surface area (Å²) in [5.41, 5.74) is 3.24. The number of aryl methyl sites for hydroxylation is 2. The molecule has 0 spiro atoms. The van der Waals surface area contributed by atoms with E-state index < -0.39 is 0 Å². The maximum Gasteiger partial charge on any atom is 0.238 e. The summed E-state index contributed by atoms with van der Waals surface area (Å²) in [6, 6.07) is 5.97. The first-order valence-electron chi connectivity index (χ1n) is 9.68. The second-order valence-electron chi connectivity index (χ2n) is 7.39. The van der Waals surface area contributed by atoms with Gasteiger partial charge in [0.1, 0.15) is 0 Å². The molecule has 2 saturated heterocycles. The Labute approximate surface area is 161 Å². The van der Waals surface area contributed by atoms with Crippen LogP contribution in [-0.2, 0) is 14.3 Å². The molecule has 7 nitrogen and oxygen atoms in total. The molecule has 2 aliphatic rings. The second kappa shape index (κ2) is 9.30. The fourth-order valence-corrected chi connectivity index (χ4v) is 3.43. The number of anilines is 1. The van der Waals surface area contributed by atoms with Crippen LogP contribution >= 0.6 is 0 Å². The number of morpholine rings is 1. The summed E-state index contributed by atoms with van der Waals surface area (Å²) in [4.78, 5) is 30.8. The van der Waals surface area contributed by atoms with Gasteiger partial charge in [0.05, 0.1) is 26.3 Å². The van der Waals surface area contributed by atoms with Gasteiger partial charge in [-0.3, -0.25) is 19.4 Å². The van der Waals surface area contributed by atoms with Gasteiger partial charge < -0.3 is 15.0 Å². The summed E-state index contributed by atoms with van der Waals surface area (Å²) in [6.45, 7) is 10.8. The number of amides is 2. The van der Waals surface area contributed by atoms with Crippen LogP contribution in [0.1, 0.15) is 11.1 Å². The zero-order chi connectivity index (χ0) is 19.2. The lowest BCUT2D eigenvalue weighted by Crippen LogP contribution is -2.52. The molecular formula is C20H30N4O3. The van der Waals surface area contributed by atoms with E-state index in [1.54, 1.807) is 0 Å². The summed E-state index contributed by atoms with van der Waals surface area (Å²) in [5, 5.41) is 2.98. The fraction of sp³-hybridized carbons (Fsp3) is 0.600. The predicted molar refractivity (Wildman–Crippen MR) is 105 cm³/mol. The Balaban J connectivity index is 1.39. The van der Waals surface area contributed by atoms with E-state index in [1.165, 1.54) is 11.1 Å². The van der Waals surface area contributed by atoms with Gasteiger partial charge in [-0.05, 0) is 37.1 Å². The summed E-state index contributed by atoms with van der Waals surface area (Å²) in [5.74, 6) is 0.190. The molecule has 7 heteroatoms. The van der Waals surface area contributed by atoms with Gasteiger partial charge in [0.25, 0.3) is 0 Å². The van der Waals surface area contributed by atoms with Crippen molar-refractivity contribution in [2.75, 3.05) is 70.9 Å². The van der Waals surface area contributed by atoms with E-state index in [0.29, 0.717) is 39.4 Å². The van der Waals surface area contributed by atoms with E-state index in [1.807, 2.05) is 30.0 Å². The van der Waals surface area contributed by atoms with Crippen LogP contribution in [-0.4, -0.2) is 92.1 Å². The number of nitrogens with zero attached hydrogens (tertiary/aromatic N) is 3. The smallest absolute Gasteiger partial charge is 0.238 e. The van der Waals surface area contributed by atoms with E-state index in [-0.39, 0.29) is 11.8 Å². The minimum Gasteiger partial charge on any atom is -0.378 e. The number of carbonyl (C=O) groups is 2. The topological polar surface area (TPSA) is 65.1 Å². The maximum absolute atomic E-state index is 12.3. The third kappa shape index (κ3) is 5.76. The van der Waals surface area contributed by atoms with Gasteiger partial charge in [-0.1, -0.05) is 6.07 Å². The summed E-state index contributed by atoms with van der Waals surface area (Å²) in [7, 11) is 0. The van der Waals surface area contributed by atoms with Gasteiger partial charge in [-0.15, -0.1) is 0 Å². The third-order valence-corrected chi connectivity index (χ3v) is 5.35. The Bertz CT molecular complexity index is 665. The van der Waals surface area contributed by atoms with Crippen molar-refractivity contribution in [2.24, 2.45) is 0 Å². The molecule has 148 valence electrons. The number of carbonyl (C=O) groups excluding carboxylic acids is 2. The maximum atomic E-state index is 12.3. The molecule has 3 rings (SSSR count). The SMILES string of the molecule is Cc1ccc(NC(=O)CN2CCN(CC(=O)N3CCOCC3)CC2)cc1C. The molecule has 1 aromatic carbocycles. The van der Waals surface area contributed by atoms with Crippen LogP contribution in [0.15, 0.2) is 18.2 Å². The summed E-state index contributed by atoms with van der Waals surface area (Å²) < 4.78 is 5.29. The van der Waals surface area contributed by atoms with Gasteiger partial charge in [0, 0.05) is 45.0 Å². The van der Waals surface area contributed by atoms with Gasteiger partial charge in [0.15, 0.2) is 0 Å². The normalized spacial score (nSPS) is 19.1. The Hall–Kier alpha value is -1.96. The number of piperazine rings is 1. The Morgan fingerprint density at radius 3 is 2.19 bits per heavy atom. The molecule has 1 aromatic rings. The predicted octanol–water partition coefficient (Wildman–Crippen LogP) is 0.718. The molecule has 2 fully saturated rings. The minimum absolute atomic E-state index is 0.0103. The quantitative estimate of drug-likeness (QED) is 0.823. The van der Waals surface area contributed by atoms with Crippen LogP contribution in [0.3, 0.4) is 0 Å². The fourth-order valence-electron chi connectivity index (χ4n) is 3.43. The number of ether oxygens (including phenoxy) is 1. The first kappa shape index (κ1) is 19.8. The molecule has 2 amide bonds. The number of rotatable bonds is 5. The van der Waals surface area contributed by atoms with Crippen LogP contribution in [0.5, 0.6) is 0 Å². The highest BCUT2D eigenvalue weighted by molar-refractivity contribution is 5.92. The van der Waals surface area contributed by atoms with E-state index in [2.05, 4.69) is 22.0 Å². The van der Waals surface area contributed by atoms with Crippen molar-refractivity contribution in [2.45, 2.75) is 13.8 Å². The molecule has 0 saturated carbocycles. The first-order chi connectivity index (χ1) is 13.0. The van der Waals surface area contributed by atoms with Crippen LogP contribution in [0.25, 0.3) is 0 Å². The van der Waals surface area contributed by atoms with Crippen molar-refractivity contribution in [3.63, 3.8) is 0 Å². The van der Waals surface area contributed by atoms with E-state index >= 15 is 0 Å². The summed E-state index contributed by atoms with van der Waals surface area (Å²) in [6.07, 6.45) is 0. The van der Waals surface area contributed by atoms with Crippen LogP contribution in [0, 0.1) is 13.8 Å². The number of nitrogens with one attached hydrogen (secondary N) is 1. The standard InChI is InChI=1S/C20H30N4O3/c1-16-3-4-18(13-17(16)2)21-19(25)14-22-5-7-23(8-6-22)15-20(26)24-9-11-27-12-10-24/h3-4,13H,5-12,14-15H2,1-2H3,(H,21,25). The molecule has 0 bridgehead atoms. The molecule has 0 aliphatic carbocycles. The minimum atomic E-state index is 0.0103. The average Bonchev–Trinajstić information content (AvgIpc) is 2.67. The lowest BCUT2D eigenvalue weighted by Gasteiger charge is -2.35. The zero-order valence-electron chi connectivity index (χ0n) is 16.4. The molecule has 1 N–H and O–H groups in total. The Kier molecular flexibility index (Phi) is 6.82. The lowest BCUT2D eigenvalue weighted by molar-refractivity contribution is -0.137.